The highest BCUT2D eigenvalue weighted by molar-refractivity contribution is 5.91. The molecule has 0 fully saturated rings. The van der Waals surface area contributed by atoms with Gasteiger partial charge >= 0.3 is 0 Å². The fraction of sp³-hybridized carbons (Fsp3) is 0.462. The summed E-state index contributed by atoms with van der Waals surface area (Å²) < 4.78 is 1.76. The van der Waals surface area contributed by atoms with Gasteiger partial charge in [-0.15, -0.1) is 0 Å². The predicted octanol–water partition coefficient (Wildman–Crippen LogP) is 1.94. The molecule has 5 nitrogen and oxygen atoms in total. The topological polar surface area (TPSA) is 51.0 Å². The van der Waals surface area contributed by atoms with Gasteiger partial charge in [0.2, 0.25) is 0 Å². The normalized spacial score (nSPS) is 10.9. The predicted molar refractivity (Wildman–Crippen MR) is 72.2 cm³/mol. The minimum Gasteiger partial charge on any atom is -0.357 e. The molecule has 0 aliphatic heterocycles. The van der Waals surface area contributed by atoms with E-state index in [4.69, 9.17) is 0 Å². The van der Waals surface area contributed by atoms with E-state index in [1.54, 1.807) is 4.68 Å². The van der Waals surface area contributed by atoms with E-state index >= 15 is 0 Å². The zero-order valence-electron chi connectivity index (χ0n) is 11.3. The van der Waals surface area contributed by atoms with E-state index in [0.29, 0.717) is 5.56 Å². The molecule has 5 heteroatoms. The molecule has 0 unspecified atom stereocenters. The lowest BCUT2D eigenvalue weighted by Gasteiger charge is -2.21. The first-order chi connectivity index (χ1) is 8.62. The van der Waals surface area contributed by atoms with Crippen molar-refractivity contribution in [3.05, 3.63) is 17.3 Å². The third-order valence-corrected chi connectivity index (χ3v) is 3.20. The molecule has 0 atom stereocenters. The summed E-state index contributed by atoms with van der Waals surface area (Å²) in [6.45, 7) is 7.69. The molecule has 2 rings (SSSR count). The molecule has 0 spiro atoms. The van der Waals surface area contributed by atoms with Gasteiger partial charge in [-0.25, -0.2) is 4.98 Å². The Labute approximate surface area is 106 Å². The van der Waals surface area contributed by atoms with Crippen LogP contribution in [0.4, 0.5) is 5.82 Å². The van der Waals surface area contributed by atoms with Crippen molar-refractivity contribution in [2.75, 3.05) is 18.0 Å². The Hall–Kier alpha value is -1.91. The summed E-state index contributed by atoms with van der Waals surface area (Å²) in [6.07, 6.45) is 0.868. The fourth-order valence-electron chi connectivity index (χ4n) is 2.21. The number of rotatable bonds is 4. The number of hydrogen-bond donors (Lipinski definition) is 0. The van der Waals surface area contributed by atoms with Crippen LogP contribution < -0.4 is 4.90 Å². The number of carbonyl (C=O) groups is 1. The van der Waals surface area contributed by atoms with Gasteiger partial charge in [-0.05, 0) is 26.8 Å². The number of aldehydes is 1. The Morgan fingerprint density at radius 2 is 2.06 bits per heavy atom. The van der Waals surface area contributed by atoms with Crippen LogP contribution in [-0.4, -0.2) is 34.1 Å². The van der Waals surface area contributed by atoms with Crippen LogP contribution >= 0.6 is 0 Å². The van der Waals surface area contributed by atoms with Gasteiger partial charge in [0.05, 0.1) is 11.3 Å². The quantitative estimate of drug-likeness (QED) is 0.774. The van der Waals surface area contributed by atoms with Gasteiger partial charge in [-0.1, -0.05) is 0 Å². The molecule has 0 saturated carbocycles. The second-order valence-electron chi connectivity index (χ2n) is 4.27. The summed E-state index contributed by atoms with van der Waals surface area (Å²) in [5, 5.41) is 5.28. The Kier molecular flexibility index (Phi) is 3.32. The smallest absolute Gasteiger partial charge is 0.160 e. The van der Waals surface area contributed by atoms with Crippen LogP contribution in [0.1, 0.15) is 29.9 Å². The van der Waals surface area contributed by atoms with Crippen LogP contribution in [0.5, 0.6) is 0 Å². The number of fused-ring (bicyclic) bond motifs is 1. The van der Waals surface area contributed by atoms with Crippen LogP contribution in [0.3, 0.4) is 0 Å². The van der Waals surface area contributed by atoms with Crippen molar-refractivity contribution in [1.82, 2.24) is 14.8 Å². The lowest BCUT2D eigenvalue weighted by Crippen LogP contribution is -2.24. The van der Waals surface area contributed by atoms with E-state index < -0.39 is 0 Å². The summed E-state index contributed by atoms with van der Waals surface area (Å²) in [5.41, 5.74) is 2.34. The molecule has 96 valence electrons. The molecule has 0 bridgehead atoms. The largest absolute Gasteiger partial charge is 0.357 e. The SMILES string of the molecule is CCN(CC)c1nc2c(cc1C=O)c(C)nn2C. The molecule has 0 saturated heterocycles. The summed E-state index contributed by atoms with van der Waals surface area (Å²) >= 11 is 0. The maximum Gasteiger partial charge on any atom is 0.160 e. The van der Waals surface area contributed by atoms with Crippen LogP contribution in [-0.2, 0) is 7.05 Å². The Bertz CT molecular complexity index is 584. The number of nitrogens with zero attached hydrogens (tertiary/aromatic N) is 4. The molecule has 0 N–H and O–H groups in total. The van der Waals surface area contributed by atoms with Crippen molar-refractivity contribution in [2.24, 2.45) is 7.05 Å². The Morgan fingerprint density at radius 3 is 2.61 bits per heavy atom. The highest BCUT2D eigenvalue weighted by Crippen LogP contribution is 2.24. The van der Waals surface area contributed by atoms with Crippen LogP contribution in [0.15, 0.2) is 6.07 Å². The summed E-state index contributed by atoms with van der Waals surface area (Å²) in [4.78, 5) is 17.9. The Morgan fingerprint density at radius 1 is 1.39 bits per heavy atom. The lowest BCUT2D eigenvalue weighted by molar-refractivity contribution is 0.112. The average molecular weight is 246 g/mol. The molecule has 0 aromatic carbocycles. The molecule has 2 heterocycles. The monoisotopic (exact) mass is 246 g/mol. The van der Waals surface area contributed by atoms with Gasteiger partial charge in [-0.2, -0.15) is 5.10 Å². The summed E-state index contributed by atoms with van der Waals surface area (Å²) in [7, 11) is 1.87. The van der Waals surface area contributed by atoms with Gasteiger partial charge in [0.1, 0.15) is 5.82 Å². The highest BCUT2D eigenvalue weighted by Gasteiger charge is 2.15. The Balaban J connectivity index is 2.72. The lowest BCUT2D eigenvalue weighted by atomic mass is 10.2. The maximum absolute atomic E-state index is 11.2. The van der Waals surface area contributed by atoms with Gasteiger partial charge in [0.15, 0.2) is 11.9 Å². The van der Waals surface area contributed by atoms with Gasteiger partial charge < -0.3 is 4.90 Å². The van der Waals surface area contributed by atoms with Crippen LogP contribution in [0.2, 0.25) is 0 Å². The molecule has 2 aromatic rings. The van der Waals surface area contributed by atoms with E-state index in [-0.39, 0.29) is 0 Å². The van der Waals surface area contributed by atoms with Crippen molar-refractivity contribution in [3.63, 3.8) is 0 Å². The van der Waals surface area contributed by atoms with Crippen molar-refractivity contribution in [1.29, 1.82) is 0 Å². The molecular weight excluding hydrogens is 228 g/mol. The number of aromatic nitrogens is 3. The second-order valence-corrected chi connectivity index (χ2v) is 4.27. The minimum absolute atomic E-state index is 0.627. The summed E-state index contributed by atoms with van der Waals surface area (Å²) in [6, 6.07) is 1.88. The molecule has 0 aliphatic rings. The van der Waals surface area contributed by atoms with Gasteiger partial charge in [0.25, 0.3) is 0 Å². The first-order valence-electron chi connectivity index (χ1n) is 6.16. The first-order valence-corrected chi connectivity index (χ1v) is 6.16. The molecule has 2 aromatic heterocycles. The fourth-order valence-corrected chi connectivity index (χ4v) is 2.21. The maximum atomic E-state index is 11.2. The second kappa shape index (κ2) is 4.76. The number of carbonyl (C=O) groups excluding carboxylic acids is 1. The minimum atomic E-state index is 0.627. The van der Waals surface area contributed by atoms with Crippen molar-refractivity contribution in [2.45, 2.75) is 20.8 Å². The van der Waals surface area contributed by atoms with E-state index in [9.17, 15) is 4.79 Å². The number of anilines is 1. The van der Waals surface area contributed by atoms with Gasteiger partial charge in [-0.3, -0.25) is 9.48 Å². The molecule has 18 heavy (non-hydrogen) atoms. The first kappa shape index (κ1) is 12.5. The number of pyridine rings is 1. The van der Waals surface area contributed by atoms with Gasteiger partial charge in [0, 0.05) is 25.5 Å². The van der Waals surface area contributed by atoms with Crippen molar-refractivity contribution < 1.29 is 4.79 Å². The van der Waals surface area contributed by atoms with E-state index in [2.05, 4.69) is 28.8 Å². The molecule has 0 radical (unpaired) electrons. The average Bonchev–Trinajstić information content (AvgIpc) is 2.65. The molecule has 0 amide bonds. The third kappa shape index (κ3) is 1.85. The van der Waals surface area contributed by atoms with E-state index in [1.165, 1.54) is 0 Å². The highest BCUT2D eigenvalue weighted by atomic mass is 16.1. The zero-order chi connectivity index (χ0) is 13.3. The number of hydrogen-bond acceptors (Lipinski definition) is 4. The summed E-state index contributed by atoms with van der Waals surface area (Å²) in [5.74, 6) is 0.741. The van der Waals surface area contributed by atoms with Crippen LogP contribution in [0, 0.1) is 6.92 Å². The van der Waals surface area contributed by atoms with Crippen molar-refractivity contribution in [3.8, 4) is 0 Å². The van der Waals surface area contributed by atoms with E-state index in [0.717, 1.165) is 41.9 Å². The third-order valence-electron chi connectivity index (χ3n) is 3.20. The van der Waals surface area contributed by atoms with Crippen molar-refractivity contribution >= 4 is 23.1 Å². The molecule has 0 aliphatic carbocycles. The van der Waals surface area contributed by atoms with E-state index in [1.807, 2.05) is 20.0 Å². The molecular formula is C13H18N4O. The standard InChI is InChI=1S/C13H18N4O/c1-5-17(6-2)12-10(8-18)7-11-9(3)15-16(4)13(11)14-12/h7-8H,5-6H2,1-4H3. The zero-order valence-corrected chi connectivity index (χ0v) is 11.3. The number of aryl methyl sites for hydroxylation is 2. The van der Waals surface area contributed by atoms with Crippen LogP contribution in [0.25, 0.3) is 11.0 Å².